The fraction of sp³-hybridized carbons (Fsp3) is 0.867. The van der Waals surface area contributed by atoms with Gasteiger partial charge in [0, 0.05) is 6.42 Å². The maximum Gasteiger partial charge on any atom is 0.292 e. The van der Waals surface area contributed by atoms with Crippen LogP contribution in [0.4, 0.5) is 13.2 Å². The Hall–Kier alpha value is -1.11. The standard InChI is InChI=1S/C15H20F3NO3/c16-10-5-9(6-10)7-11(20)12(21)19-8-15(17,18)13(22)14(19)3-1-2-4-14/h9-10,13,22H,1-8H2. The van der Waals surface area contributed by atoms with Gasteiger partial charge in [-0.3, -0.25) is 9.59 Å². The smallest absolute Gasteiger partial charge is 0.292 e. The second-order valence-corrected chi connectivity index (χ2v) is 6.93. The maximum absolute atomic E-state index is 13.9. The number of alkyl halides is 3. The molecule has 1 unspecified atom stereocenters. The molecule has 0 bridgehead atoms. The second-order valence-electron chi connectivity index (χ2n) is 6.93. The van der Waals surface area contributed by atoms with Gasteiger partial charge in [-0.25, -0.2) is 13.2 Å². The summed E-state index contributed by atoms with van der Waals surface area (Å²) < 4.78 is 40.6. The molecule has 124 valence electrons. The van der Waals surface area contributed by atoms with Crippen molar-refractivity contribution >= 4 is 11.7 Å². The summed E-state index contributed by atoms with van der Waals surface area (Å²) >= 11 is 0. The van der Waals surface area contributed by atoms with Crippen molar-refractivity contribution in [3.8, 4) is 0 Å². The van der Waals surface area contributed by atoms with Gasteiger partial charge in [-0.05, 0) is 31.6 Å². The quantitative estimate of drug-likeness (QED) is 0.808. The molecule has 1 heterocycles. The Labute approximate surface area is 126 Å². The fourth-order valence-corrected chi connectivity index (χ4v) is 4.12. The summed E-state index contributed by atoms with van der Waals surface area (Å²) in [5.41, 5.74) is -1.31. The molecule has 3 fully saturated rings. The zero-order chi connectivity index (χ0) is 16.1. The lowest BCUT2D eigenvalue weighted by atomic mass is 9.80. The molecule has 4 nitrogen and oxygen atoms in total. The SMILES string of the molecule is O=C(CC1CC(F)C1)C(=O)N1CC(F)(F)C(O)C12CCCC2. The van der Waals surface area contributed by atoms with Gasteiger partial charge in [0.05, 0.1) is 12.1 Å². The number of Topliss-reactive ketones (excluding diaryl/α,β-unsaturated/α-hetero) is 1. The predicted molar refractivity (Wildman–Crippen MR) is 71.1 cm³/mol. The van der Waals surface area contributed by atoms with Gasteiger partial charge in [-0.15, -0.1) is 0 Å². The van der Waals surface area contributed by atoms with Crippen LogP contribution in [0.5, 0.6) is 0 Å². The minimum Gasteiger partial charge on any atom is -0.384 e. The number of halogens is 3. The van der Waals surface area contributed by atoms with Gasteiger partial charge in [0.1, 0.15) is 12.3 Å². The number of carbonyl (C=O) groups is 2. The van der Waals surface area contributed by atoms with E-state index >= 15 is 0 Å². The third kappa shape index (κ3) is 2.33. The van der Waals surface area contributed by atoms with E-state index in [1.165, 1.54) is 0 Å². The number of carbonyl (C=O) groups excluding carboxylic acids is 2. The molecule has 22 heavy (non-hydrogen) atoms. The van der Waals surface area contributed by atoms with E-state index in [4.69, 9.17) is 0 Å². The van der Waals surface area contributed by atoms with Crippen molar-refractivity contribution in [3.63, 3.8) is 0 Å². The van der Waals surface area contributed by atoms with Crippen LogP contribution in [-0.4, -0.2) is 52.0 Å². The molecule has 0 aromatic carbocycles. The van der Waals surface area contributed by atoms with Crippen molar-refractivity contribution in [3.05, 3.63) is 0 Å². The Morgan fingerprint density at radius 2 is 1.77 bits per heavy atom. The van der Waals surface area contributed by atoms with E-state index in [0.29, 0.717) is 25.7 Å². The summed E-state index contributed by atoms with van der Waals surface area (Å²) in [6.07, 6.45) is -0.545. The highest BCUT2D eigenvalue weighted by Crippen LogP contribution is 2.49. The van der Waals surface area contributed by atoms with Gasteiger partial charge >= 0.3 is 0 Å². The monoisotopic (exact) mass is 319 g/mol. The van der Waals surface area contributed by atoms with E-state index in [1.54, 1.807) is 0 Å². The van der Waals surface area contributed by atoms with Crippen LogP contribution >= 0.6 is 0 Å². The number of aliphatic hydroxyl groups excluding tert-OH is 1. The van der Waals surface area contributed by atoms with Crippen LogP contribution < -0.4 is 0 Å². The Balaban J connectivity index is 1.74. The Morgan fingerprint density at radius 1 is 1.18 bits per heavy atom. The Bertz CT molecular complexity index is 484. The molecule has 0 aromatic heterocycles. The number of hydrogen-bond acceptors (Lipinski definition) is 3. The number of rotatable bonds is 3. The number of likely N-dealkylation sites (tertiary alicyclic amines) is 1. The molecular formula is C15H20F3NO3. The zero-order valence-electron chi connectivity index (χ0n) is 12.2. The molecule has 0 radical (unpaired) electrons. The molecule has 1 amide bonds. The average molecular weight is 319 g/mol. The van der Waals surface area contributed by atoms with Gasteiger partial charge in [0.2, 0.25) is 5.78 Å². The largest absolute Gasteiger partial charge is 0.384 e. The molecule has 2 saturated carbocycles. The molecule has 1 aliphatic heterocycles. The van der Waals surface area contributed by atoms with Gasteiger partial charge in [0.15, 0.2) is 0 Å². The number of hydrogen-bond donors (Lipinski definition) is 1. The fourth-order valence-electron chi connectivity index (χ4n) is 4.12. The van der Waals surface area contributed by atoms with Crippen LogP contribution in [0.1, 0.15) is 44.9 Å². The summed E-state index contributed by atoms with van der Waals surface area (Å²) in [6, 6.07) is 0. The van der Waals surface area contributed by atoms with Gasteiger partial charge in [-0.1, -0.05) is 12.8 Å². The molecule has 2 aliphatic carbocycles. The first-order valence-electron chi connectivity index (χ1n) is 7.81. The van der Waals surface area contributed by atoms with Crippen LogP contribution in [-0.2, 0) is 9.59 Å². The minimum atomic E-state index is -3.39. The molecule has 3 rings (SSSR count). The van der Waals surface area contributed by atoms with Crippen LogP contribution in [0.15, 0.2) is 0 Å². The van der Waals surface area contributed by atoms with Crippen molar-refractivity contribution in [2.75, 3.05) is 6.54 Å². The van der Waals surface area contributed by atoms with E-state index in [2.05, 4.69) is 0 Å². The topological polar surface area (TPSA) is 57.6 Å². The molecule has 0 aromatic rings. The number of ketones is 1. The van der Waals surface area contributed by atoms with Crippen molar-refractivity contribution in [1.29, 1.82) is 0 Å². The lowest BCUT2D eigenvalue weighted by Gasteiger charge is -2.36. The normalized spacial score (nSPS) is 35.6. The lowest BCUT2D eigenvalue weighted by Crippen LogP contribution is -2.53. The zero-order valence-corrected chi connectivity index (χ0v) is 12.2. The highest BCUT2D eigenvalue weighted by molar-refractivity contribution is 6.36. The Morgan fingerprint density at radius 3 is 2.32 bits per heavy atom. The van der Waals surface area contributed by atoms with Crippen LogP contribution in [0.2, 0.25) is 0 Å². The summed E-state index contributed by atoms with van der Waals surface area (Å²) in [6.45, 7) is -0.908. The van der Waals surface area contributed by atoms with Gasteiger partial charge in [-0.2, -0.15) is 0 Å². The first-order valence-corrected chi connectivity index (χ1v) is 7.81. The van der Waals surface area contributed by atoms with Crippen LogP contribution in [0.25, 0.3) is 0 Å². The number of nitrogens with zero attached hydrogens (tertiary/aromatic N) is 1. The van der Waals surface area contributed by atoms with Crippen LogP contribution in [0, 0.1) is 5.92 Å². The average Bonchev–Trinajstić information content (AvgIpc) is 2.97. The predicted octanol–water partition coefficient (Wildman–Crippen LogP) is 1.84. The second kappa shape index (κ2) is 5.22. The maximum atomic E-state index is 13.9. The van der Waals surface area contributed by atoms with Gasteiger partial charge < -0.3 is 10.0 Å². The van der Waals surface area contributed by atoms with Crippen molar-refractivity contribution in [2.24, 2.45) is 5.92 Å². The molecule has 7 heteroatoms. The lowest BCUT2D eigenvalue weighted by molar-refractivity contribution is -0.149. The van der Waals surface area contributed by atoms with Crippen LogP contribution in [0.3, 0.4) is 0 Å². The molecule has 3 aliphatic rings. The molecule has 1 saturated heterocycles. The number of amides is 1. The third-order valence-corrected chi connectivity index (χ3v) is 5.42. The van der Waals surface area contributed by atoms with E-state index in [9.17, 15) is 27.9 Å². The van der Waals surface area contributed by atoms with E-state index in [-0.39, 0.29) is 25.2 Å². The highest BCUT2D eigenvalue weighted by Gasteiger charge is 2.65. The first-order chi connectivity index (χ1) is 10.3. The summed E-state index contributed by atoms with van der Waals surface area (Å²) in [5.74, 6) is -5.24. The van der Waals surface area contributed by atoms with Crippen molar-refractivity contribution in [2.45, 2.75) is 68.7 Å². The van der Waals surface area contributed by atoms with E-state index < -0.39 is 42.0 Å². The molecular weight excluding hydrogens is 299 g/mol. The Kier molecular flexibility index (Phi) is 3.74. The minimum absolute atomic E-state index is 0.0898. The summed E-state index contributed by atoms with van der Waals surface area (Å²) in [7, 11) is 0. The van der Waals surface area contributed by atoms with Gasteiger partial charge in [0.25, 0.3) is 11.8 Å². The van der Waals surface area contributed by atoms with E-state index in [0.717, 1.165) is 4.90 Å². The van der Waals surface area contributed by atoms with E-state index in [1.807, 2.05) is 0 Å². The molecule has 1 N–H and O–H groups in total. The first kappa shape index (κ1) is 15.8. The highest BCUT2D eigenvalue weighted by atomic mass is 19.3. The molecule has 1 atom stereocenters. The van der Waals surface area contributed by atoms with Crippen molar-refractivity contribution < 1.29 is 27.9 Å². The summed E-state index contributed by atoms with van der Waals surface area (Å²) in [4.78, 5) is 25.3. The third-order valence-electron chi connectivity index (χ3n) is 5.42. The molecule has 1 spiro atoms. The van der Waals surface area contributed by atoms with Crippen molar-refractivity contribution in [1.82, 2.24) is 4.90 Å². The number of aliphatic hydroxyl groups is 1. The summed E-state index contributed by atoms with van der Waals surface area (Å²) in [5, 5.41) is 9.98.